The number of hydrogen-bond donors (Lipinski definition) is 1. The maximum atomic E-state index is 13.7. The van der Waals surface area contributed by atoms with Crippen LogP contribution >= 0.6 is 11.6 Å². The Kier molecular flexibility index (Phi) is 7.39. The van der Waals surface area contributed by atoms with Crippen LogP contribution in [0.4, 0.5) is 22.0 Å². The normalized spacial score (nSPS) is 11.4. The number of halogens is 6. The van der Waals surface area contributed by atoms with Gasteiger partial charge in [0.1, 0.15) is 23.0 Å². The topological polar surface area (TPSA) is 72.7 Å². The van der Waals surface area contributed by atoms with Crippen molar-refractivity contribution in [3.63, 3.8) is 0 Å². The first-order chi connectivity index (χ1) is 15.2. The molecule has 0 spiro atoms. The lowest BCUT2D eigenvalue weighted by Gasteiger charge is -2.09. The van der Waals surface area contributed by atoms with Crippen LogP contribution in [0.2, 0.25) is 5.02 Å². The molecule has 12 heteroatoms. The summed E-state index contributed by atoms with van der Waals surface area (Å²) in [5, 5.41) is 6.67. The third kappa shape index (κ3) is 5.58. The van der Waals surface area contributed by atoms with E-state index in [4.69, 9.17) is 11.6 Å². The molecule has 0 saturated carbocycles. The molecule has 0 aliphatic rings. The van der Waals surface area contributed by atoms with E-state index in [1.807, 2.05) is 0 Å². The number of aromatic nitrogens is 4. The lowest BCUT2D eigenvalue weighted by Crippen LogP contribution is -2.26. The van der Waals surface area contributed by atoms with Gasteiger partial charge >= 0.3 is 0 Å². The number of carbonyl (C=O) groups is 1. The molecule has 0 aliphatic carbocycles. The molecule has 6 nitrogen and oxygen atoms in total. The predicted molar refractivity (Wildman–Crippen MR) is 106 cm³/mol. The molecule has 32 heavy (non-hydrogen) atoms. The molecule has 0 radical (unpaired) electrons. The number of rotatable bonds is 8. The van der Waals surface area contributed by atoms with Crippen molar-refractivity contribution in [1.82, 2.24) is 25.1 Å². The molecule has 3 aromatic rings. The van der Waals surface area contributed by atoms with Gasteiger partial charge in [-0.1, -0.05) is 11.6 Å². The molecule has 2 aromatic heterocycles. The Hall–Kier alpha value is -3.08. The average molecular weight is 474 g/mol. The van der Waals surface area contributed by atoms with Crippen LogP contribution in [-0.2, 0) is 24.3 Å². The summed E-state index contributed by atoms with van der Waals surface area (Å²) in [7, 11) is 0. The number of benzene rings is 1. The van der Waals surface area contributed by atoms with Gasteiger partial charge in [0.15, 0.2) is 5.82 Å². The molecule has 3 rings (SSSR count). The van der Waals surface area contributed by atoms with Crippen LogP contribution in [0.3, 0.4) is 0 Å². The van der Waals surface area contributed by atoms with Crippen LogP contribution in [-0.4, -0.2) is 25.7 Å². The average Bonchev–Trinajstić information content (AvgIpc) is 3.16. The third-order valence-electron chi connectivity index (χ3n) is 4.41. The maximum Gasteiger partial charge on any atom is 0.280 e. The summed E-state index contributed by atoms with van der Waals surface area (Å²) >= 11 is 5.68. The van der Waals surface area contributed by atoms with Gasteiger partial charge in [-0.3, -0.25) is 4.79 Å². The minimum atomic E-state index is -3.03. The molecule has 0 aliphatic heterocycles. The molecule has 1 amide bonds. The number of amides is 1. The molecule has 0 saturated heterocycles. The molecule has 0 fully saturated rings. The number of nitrogens with zero attached hydrogens (tertiary/aromatic N) is 4. The van der Waals surface area contributed by atoms with Crippen molar-refractivity contribution in [2.45, 2.75) is 39.3 Å². The summed E-state index contributed by atoms with van der Waals surface area (Å²) < 4.78 is 66.8. The lowest BCUT2D eigenvalue weighted by molar-refractivity contribution is -0.120. The van der Waals surface area contributed by atoms with Crippen LogP contribution in [0, 0.1) is 5.82 Å². The van der Waals surface area contributed by atoms with Crippen molar-refractivity contribution in [3.8, 4) is 11.4 Å². The highest BCUT2D eigenvalue weighted by atomic mass is 35.5. The van der Waals surface area contributed by atoms with E-state index in [1.54, 1.807) is 6.92 Å². The van der Waals surface area contributed by atoms with Crippen molar-refractivity contribution in [1.29, 1.82) is 0 Å². The van der Waals surface area contributed by atoms with Gasteiger partial charge in [-0.05, 0) is 42.8 Å². The standard InChI is InChI=1S/C20H17ClF5N5O/c1-2-31-16(29-20(30-31)11-3-4-12(21)13(22)7-11)8-17(32)27-9-10-5-14(18(23)24)28-15(6-10)19(25)26/h3-7,18-19H,2,8-9H2,1H3,(H,27,32). The highest BCUT2D eigenvalue weighted by Gasteiger charge is 2.18. The quantitative estimate of drug-likeness (QED) is 0.473. The summed E-state index contributed by atoms with van der Waals surface area (Å²) in [5.74, 6) is -0.691. The first-order valence-electron chi connectivity index (χ1n) is 9.40. The molecule has 0 atom stereocenters. The van der Waals surface area contributed by atoms with E-state index in [0.29, 0.717) is 12.1 Å². The number of alkyl halides is 4. The van der Waals surface area contributed by atoms with Gasteiger partial charge in [-0.25, -0.2) is 36.6 Å². The Bertz CT molecular complexity index is 1100. The van der Waals surface area contributed by atoms with Gasteiger partial charge in [-0.15, -0.1) is 0 Å². The molecular weight excluding hydrogens is 457 g/mol. The van der Waals surface area contributed by atoms with E-state index < -0.39 is 36.0 Å². The number of nitrogens with one attached hydrogen (secondary N) is 1. The Morgan fingerprint density at radius 2 is 1.75 bits per heavy atom. The smallest absolute Gasteiger partial charge is 0.280 e. The number of hydrogen-bond acceptors (Lipinski definition) is 4. The van der Waals surface area contributed by atoms with Crippen molar-refractivity contribution >= 4 is 17.5 Å². The second kappa shape index (κ2) is 10.0. The van der Waals surface area contributed by atoms with Crippen molar-refractivity contribution in [3.05, 3.63) is 63.9 Å². The third-order valence-corrected chi connectivity index (χ3v) is 4.71. The first-order valence-corrected chi connectivity index (χ1v) is 9.78. The first kappa shape index (κ1) is 23.6. The molecule has 0 unspecified atom stereocenters. The zero-order chi connectivity index (χ0) is 23.4. The Labute approximate surface area is 184 Å². The van der Waals surface area contributed by atoms with Crippen LogP contribution in [0.25, 0.3) is 11.4 Å². The monoisotopic (exact) mass is 473 g/mol. The predicted octanol–water partition coefficient (Wildman–Crippen LogP) is 4.89. The highest BCUT2D eigenvalue weighted by Crippen LogP contribution is 2.24. The van der Waals surface area contributed by atoms with Crippen molar-refractivity contribution in [2.24, 2.45) is 0 Å². The highest BCUT2D eigenvalue weighted by molar-refractivity contribution is 6.30. The molecule has 1 N–H and O–H groups in total. The largest absolute Gasteiger partial charge is 0.352 e. The Morgan fingerprint density at radius 3 is 2.31 bits per heavy atom. The van der Waals surface area contributed by atoms with E-state index in [9.17, 15) is 26.7 Å². The molecule has 0 bridgehead atoms. The second-order valence-corrected chi connectivity index (χ2v) is 7.08. The van der Waals surface area contributed by atoms with Gasteiger partial charge in [-0.2, -0.15) is 5.10 Å². The number of pyridine rings is 1. The fraction of sp³-hybridized carbons (Fsp3) is 0.300. The fourth-order valence-electron chi connectivity index (χ4n) is 2.88. The van der Waals surface area contributed by atoms with Crippen molar-refractivity contribution in [2.75, 3.05) is 0 Å². The van der Waals surface area contributed by atoms with Crippen LogP contribution in [0.1, 0.15) is 42.6 Å². The zero-order valence-corrected chi connectivity index (χ0v) is 17.4. The second-order valence-electron chi connectivity index (χ2n) is 6.68. The number of aryl methyl sites for hydroxylation is 1. The SMILES string of the molecule is CCn1nc(-c2ccc(Cl)c(F)c2)nc1CC(=O)NCc1cc(C(F)F)nc(C(F)F)c1. The van der Waals surface area contributed by atoms with Gasteiger partial charge in [0.2, 0.25) is 5.91 Å². The summed E-state index contributed by atoms with van der Waals surface area (Å²) in [4.78, 5) is 19.8. The van der Waals surface area contributed by atoms with Gasteiger partial charge in [0.25, 0.3) is 12.9 Å². The van der Waals surface area contributed by atoms with Crippen LogP contribution < -0.4 is 5.32 Å². The Morgan fingerprint density at radius 1 is 1.09 bits per heavy atom. The fourth-order valence-corrected chi connectivity index (χ4v) is 3.00. The van der Waals surface area contributed by atoms with E-state index in [2.05, 4.69) is 20.4 Å². The maximum absolute atomic E-state index is 13.7. The van der Waals surface area contributed by atoms with Crippen LogP contribution in [0.15, 0.2) is 30.3 Å². The molecular formula is C20H17ClF5N5O. The lowest BCUT2D eigenvalue weighted by atomic mass is 10.2. The minimum absolute atomic E-state index is 0.0515. The molecule has 170 valence electrons. The molecule has 1 aromatic carbocycles. The van der Waals surface area contributed by atoms with Gasteiger partial charge in [0.05, 0.1) is 11.4 Å². The number of carbonyl (C=O) groups excluding carboxylic acids is 1. The summed E-state index contributed by atoms with van der Waals surface area (Å²) in [5.41, 5.74) is -1.15. The summed E-state index contributed by atoms with van der Waals surface area (Å²) in [6, 6.07) is 5.99. The van der Waals surface area contributed by atoms with E-state index >= 15 is 0 Å². The Balaban J connectivity index is 1.72. The summed E-state index contributed by atoms with van der Waals surface area (Å²) in [6.07, 6.45) is -6.27. The van der Waals surface area contributed by atoms with E-state index in [1.165, 1.54) is 22.9 Å². The van der Waals surface area contributed by atoms with Gasteiger partial charge in [0, 0.05) is 18.7 Å². The van der Waals surface area contributed by atoms with Crippen molar-refractivity contribution < 1.29 is 26.7 Å². The minimum Gasteiger partial charge on any atom is -0.352 e. The van der Waals surface area contributed by atoms with Crippen LogP contribution in [0.5, 0.6) is 0 Å². The molecule has 2 heterocycles. The zero-order valence-electron chi connectivity index (χ0n) is 16.6. The van der Waals surface area contributed by atoms with Gasteiger partial charge < -0.3 is 5.32 Å². The van der Waals surface area contributed by atoms with E-state index in [0.717, 1.165) is 12.1 Å². The van der Waals surface area contributed by atoms with E-state index in [-0.39, 0.29) is 35.2 Å². The summed E-state index contributed by atoms with van der Waals surface area (Å²) in [6.45, 7) is 1.90.